The van der Waals surface area contributed by atoms with Crippen molar-refractivity contribution in [3.63, 3.8) is 0 Å². The summed E-state index contributed by atoms with van der Waals surface area (Å²) in [4.78, 5) is 34.2. The first kappa shape index (κ1) is 15.6. The number of benzene rings is 1. The van der Waals surface area contributed by atoms with Gasteiger partial charge < -0.3 is 20.7 Å². The number of carbonyl (C=O) groups excluding carboxylic acids is 3. The van der Waals surface area contributed by atoms with Crippen LogP contribution in [-0.4, -0.2) is 33.5 Å². The average Bonchev–Trinajstić information content (AvgIpc) is 2.32. The Kier molecular flexibility index (Phi) is 4.46. The average molecular weight is 281 g/mol. The second-order valence-electron chi connectivity index (χ2n) is 4.41. The van der Waals surface area contributed by atoms with Crippen LogP contribution in [0.25, 0.3) is 0 Å². The van der Waals surface area contributed by atoms with E-state index in [2.05, 4.69) is 4.74 Å². The van der Waals surface area contributed by atoms with Gasteiger partial charge in [0.2, 0.25) is 0 Å². The van der Waals surface area contributed by atoms with Crippen molar-refractivity contribution in [2.45, 2.75) is 25.8 Å². The lowest BCUT2D eigenvalue weighted by atomic mass is 9.88. The molecule has 0 radical (unpaired) electrons. The fourth-order valence-electron chi connectivity index (χ4n) is 1.56. The van der Waals surface area contributed by atoms with Crippen LogP contribution in [0.4, 0.5) is 0 Å². The van der Waals surface area contributed by atoms with E-state index in [9.17, 15) is 24.6 Å². The van der Waals surface area contributed by atoms with E-state index in [1.165, 1.54) is 18.2 Å². The van der Waals surface area contributed by atoms with Crippen LogP contribution < -0.4 is 5.73 Å². The maximum atomic E-state index is 11.8. The molecule has 0 fully saturated rings. The van der Waals surface area contributed by atoms with Crippen LogP contribution in [0.2, 0.25) is 0 Å². The molecule has 0 amide bonds. The second-order valence-corrected chi connectivity index (χ2v) is 4.41. The van der Waals surface area contributed by atoms with E-state index in [1.54, 1.807) is 0 Å². The van der Waals surface area contributed by atoms with Crippen LogP contribution in [0.15, 0.2) is 18.2 Å². The molecule has 0 spiro atoms. The fourth-order valence-corrected chi connectivity index (χ4v) is 1.56. The summed E-state index contributed by atoms with van der Waals surface area (Å²) in [6.07, 6.45) is -0.276. The Morgan fingerprint density at radius 1 is 1.20 bits per heavy atom. The second kappa shape index (κ2) is 5.70. The third-order valence-corrected chi connectivity index (χ3v) is 2.75. The molecular weight excluding hydrogens is 266 g/mol. The summed E-state index contributed by atoms with van der Waals surface area (Å²) < 4.78 is 4.37. The van der Waals surface area contributed by atoms with E-state index in [0.29, 0.717) is 5.56 Å². The summed E-state index contributed by atoms with van der Waals surface area (Å²) in [5.41, 5.74) is 4.03. The molecule has 1 aromatic carbocycles. The molecular formula is C13H15NO6. The first-order valence-electron chi connectivity index (χ1n) is 5.70. The number of carbonyl (C=O) groups is 3. The van der Waals surface area contributed by atoms with Crippen LogP contribution in [0.1, 0.15) is 19.4 Å². The Labute approximate surface area is 115 Å². The van der Waals surface area contributed by atoms with Crippen LogP contribution in [0, 0.1) is 0 Å². The summed E-state index contributed by atoms with van der Waals surface area (Å²) in [5.74, 6) is -3.47. The summed E-state index contributed by atoms with van der Waals surface area (Å²) >= 11 is 0. The predicted octanol–water partition coefficient (Wildman–Crippen LogP) is 0.0165. The standard InChI is InChI=1S/C13H15NO6/c1-7(15)13(14,12(19)20-8(2)16)6-9-3-4-10(17)11(18)5-9/h3-5,17-18H,6,14H2,1-2H3/t13-/m1/s1. The summed E-state index contributed by atoms with van der Waals surface area (Å²) in [6.45, 7) is 2.12. The first-order valence-corrected chi connectivity index (χ1v) is 5.70. The molecule has 0 unspecified atom stereocenters. The first-order chi connectivity index (χ1) is 9.16. The molecule has 7 heteroatoms. The van der Waals surface area contributed by atoms with Crippen molar-refractivity contribution in [1.82, 2.24) is 0 Å². The zero-order valence-corrected chi connectivity index (χ0v) is 11.0. The Morgan fingerprint density at radius 2 is 1.80 bits per heavy atom. The van der Waals surface area contributed by atoms with Gasteiger partial charge in [-0.25, -0.2) is 4.79 Å². The molecule has 0 heterocycles. The number of Topliss-reactive ketones (excluding diaryl/α,β-unsaturated/α-hetero) is 1. The van der Waals surface area contributed by atoms with E-state index < -0.39 is 29.0 Å². The summed E-state index contributed by atoms with van der Waals surface area (Å²) in [6, 6.07) is 3.75. The number of ketones is 1. The number of ether oxygens (including phenoxy) is 1. The largest absolute Gasteiger partial charge is 0.504 e. The van der Waals surface area contributed by atoms with Gasteiger partial charge in [-0.15, -0.1) is 0 Å². The van der Waals surface area contributed by atoms with Crippen molar-refractivity contribution < 1.29 is 29.3 Å². The molecule has 20 heavy (non-hydrogen) atoms. The molecule has 1 rings (SSSR count). The van der Waals surface area contributed by atoms with E-state index in [4.69, 9.17) is 5.73 Å². The summed E-state index contributed by atoms with van der Waals surface area (Å²) in [7, 11) is 0. The van der Waals surface area contributed by atoms with Crippen molar-refractivity contribution in [2.75, 3.05) is 0 Å². The molecule has 7 nitrogen and oxygen atoms in total. The number of phenols is 2. The minimum absolute atomic E-state index is 0.276. The lowest BCUT2D eigenvalue weighted by Gasteiger charge is -2.23. The minimum atomic E-state index is -2.03. The predicted molar refractivity (Wildman–Crippen MR) is 67.8 cm³/mol. The van der Waals surface area contributed by atoms with Crippen molar-refractivity contribution >= 4 is 17.7 Å². The highest BCUT2D eigenvalue weighted by molar-refractivity contribution is 6.09. The monoisotopic (exact) mass is 281 g/mol. The lowest BCUT2D eigenvalue weighted by molar-refractivity contribution is -0.163. The number of rotatable bonds is 4. The normalized spacial score (nSPS) is 13.3. The Morgan fingerprint density at radius 3 is 2.25 bits per heavy atom. The van der Waals surface area contributed by atoms with Gasteiger partial charge in [0.05, 0.1) is 0 Å². The number of nitrogens with two attached hydrogens (primary N) is 1. The molecule has 1 aromatic rings. The van der Waals surface area contributed by atoms with Crippen molar-refractivity contribution in [3.8, 4) is 11.5 Å². The lowest BCUT2D eigenvalue weighted by Crippen LogP contribution is -2.56. The Balaban J connectivity index is 3.08. The number of aromatic hydroxyl groups is 2. The van der Waals surface area contributed by atoms with Gasteiger partial charge in [0.15, 0.2) is 22.8 Å². The molecule has 0 aliphatic rings. The minimum Gasteiger partial charge on any atom is -0.504 e. The molecule has 0 aromatic heterocycles. The Hall–Kier alpha value is -2.41. The highest BCUT2D eigenvalue weighted by Gasteiger charge is 2.41. The highest BCUT2D eigenvalue weighted by Crippen LogP contribution is 2.26. The SMILES string of the molecule is CC(=O)OC(=O)[C@@](N)(Cc1ccc(O)c(O)c1)C(C)=O. The van der Waals surface area contributed by atoms with Gasteiger partial charge in [-0.2, -0.15) is 0 Å². The van der Waals surface area contributed by atoms with E-state index in [1.807, 2.05) is 0 Å². The van der Waals surface area contributed by atoms with Crippen LogP contribution in [0.5, 0.6) is 11.5 Å². The van der Waals surface area contributed by atoms with E-state index in [-0.39, 0.29) is 12.2 Å². The molecule has 0 saturated carbocycles. The molecule has 0 saturated heterocycles. The Bertz CT molecular complexity index is 568. The quantitative estimate of drug-likeness (QED) is 0.403. The van der Waals surface area contributed by atoms with Crippen LogP contribution in [-0.2, 0) is 25.5 Å². The fraction of sp³-hybridized carbons (Fsp3) is 0.308. The zero-order chi connectivity index (χ0) is 15.5. The van der Waals surface area contributed by atoms with Gasteiger partial charge in [-0.05, 0) is 24.6 Å². The maximum absolute atomic E-state index is 11.8. The third-order valence-electron chi connectivity index (χ3n) is 2.75. The molecule has 0 aliphatic carbocycles. The van der Waals surface area contributed by atoms with Gasteiger partial charge in [0.25, 0.3) is 0 Å². The number of hydrogen-bond donors (Lipinski definition) is 3. The number of esters is 2. The third kappa shape index (κ3) is 3.33. The number of phenolic OH excluding ortho intramolecular Hbond substituents is 2. The van der Waals surface area contributed by atoms with E-state index >= 15 is 0 Å². The summed E-state index contributed by atoms with van der Waals surface area (Å²) in [5, 5.41) is 18.6. The van der Waals surface area contributed by atoms with Crippen molar-refractivity contribution in [3.05, 3.63) is 23.8 Å². The molecule has 0 aliphatic heterocycles. The molecule has 4 N–H and O–H groups in total. The van der Waals surface area contributed by atoms with Gasteiger partial charge in [0.1, 0.15) is 0 Å². The molecule has 0 bridgehead atoms. The van der Waals surface area contributed by atoms with Gasteiger partial charge in [-0.1, -0.05) is 6.07 Å². The smallest absolute Gasteiger partial charge is 0.341 e. The van der Waals surface area contributed by atoms with Crippen molar-refractivity contribution in [2.24, 2.45) is 5.73 Å². The highest BCUT2D eigenvalue weighted by atomic mass is 16.6. The van der Waals surface area contributed by atoms with Crippen molar-refractivity contribution in [1.29, 1.82) is 0 Å². The van der Waals surface area contributed by atoms with Gasteiger partial charge in [-0.3, -0.25) is 9.59 Å². The van der Waals surface area contributed by atoms with Crippen LogP contribution in [0.3, 0.4) is 0 Å². The zero-order valence-electron chi connectivity index (χ0n) is 11.0. The van der Waals surface area contributed by atoms with Crippen LogP contribution >= 0.6 is 0 Å². The molecule has 1 atom stereocenters. The van der Waals surface area contributed by atoms with Gasteiger partial charge in [0, 0.05) is 13.3 Å². The molecule has 108 valence electrons. The van der Waals surface area contributed by atoms with Gasteiger partial charge >= 0.3 is 11.9 Å². The number of hydrogen-bond acceptors (Lipinski definition) is 7. The topological polar surface area (TPSA) is 127 Å². The van der Waals surface area contributed by atoms with E-state index in [0.717, 1.165) is 13.8 Å². The maximum Gasteiger partial charge on any atom is 0.341 e.